The van der Waals surface area contributed by atoms with Gasteiger partial charge in [-0.2, -0.15) is 0 Å². The Labute approximate surface area is 95.8 Å². The van der Waals surface area contributed by atoms with Gasteiger partial charge in [0, 0.05) is 21.8 Å². The van der Waals surface area contributed by atoms with E-state index in [1.54, 1.807) is 0 Å². The van der Waals surface area contributed by atoms with Crippen LogP contribution in [0.3, 0.4) is 0 Å². The minimum atomic E-state index is 0.0600. The Hall–Kier alpha value is -1.13. The maximum absolute atomic E-state index is 11.6. The molecule has 0 fully saturated rings. The van der Waals surface area contributed by atoms with Gasteiger partial charge in [-0.1, -0.05) is 15.9 Å². The van der Waals surface area contributed by atoms with Crippen LogP contribution in [0, 0.1) is 0 Å². The van der Waals surface area contributed by atoms with Gasteiger partial charge in [0.25, 0.3) is 0 Å². The predicted molar refractivity (Wildman–Crippen MR) is 64.0 cm³/mol. The Morgan fingerprint density at radius 1 is 1.40 bits per heavy atom. The SMILES string of the molecule is NCCC(=O)c1cc2cc(Br)ccc2[nH]1. The van der Waals surface area contributed by atoms with Crippen molar-refractivity contribution in [1.29, 1.82) is 0 Å². The zero-order valence-electron chi connectivity index (χ0n) is 8.09. The van der Waals surface area contributed by atoms with Crippen molar-refractivity contribution in [2.24, 2.45) is 5.73 Å². The Bertz CT molecular complexity index is 504. The molecule has 1 heterocycles. The third-order valence-corrected chi connectivity index (χ3v) is 2.75. The molecule has 1 aromatic carbocycles. The van der Waals surface area contributed by atoms with Crippen LogP contribution >= 0.6 is 15.9 Å². The number of fused-ring (bicyclic) bond motifs is 1. The molecule has 0 atom stereocenters. The number of nitrogens with two attached hydrogens (primary N) is 1. The van der Waals surface area contributed by atoms with E-state index < -0.39 is 0 Å². The van der Waals surface area contributed by atoms with Crippen LogP contribution in [0.2, 0.25) is 0 Å². The summed E-state index contributed by atoms with van der Waals surface area (Å²) in [5, 5.41) is 1.03. The summed E-state index contributed by atoms with van der Waals surface area (Å²) in [5.41, 5.74) is 6.95. The van der Waals surface area contributed by atoms with Gasteiger partial charge in [0.2, 0.25) is 0 Å². The molecule has 0 bridgehead atoms. The molecule has 0 saturated carbocycles. The van der Waals surface area contributed by atoms with E-state index in [2.05, 4.69) is 20.9 Å². The van der Waals surface area contributed by atoms with Gasteiger partial charge in [-0.15, -0.1) is 0 Å². The minimum Gasteiger partial charge on any atom is -0.352 e. The summed E-state index contributed by atoms with van der Waals surface area (Å²) in [6.07, 6.45) is 0.383. The van der Waals surface area contributed by atoms with Gasteiger partial charge in [-0.3, -0.25) is 4.79 Å². The molecule has 4 heteroatoms. The number of nitrogens with one attached hydrogen (secondary N) is 1. The van der Waals surface area contributed by atoms with E-state index in [9.17, 15) is 4.79 Å². The molecule has 0 saturated heterocycles. The number of hydrogen-bond acceptors (Lipinski definition) is 2. The third-order valence-electron chi connectivity index (χ3n) is 2.25. The monoisotopic (exact) mass is 266 g/mol. The number of Topliss-reactive ketones (excluding diaryl/α,β-unsaturated/α-hetero) is 1. The topological polar surface area (TPSA) is 58.9 Å². The van der Waals surface area contributed by atoms with Gasteiger partial charge in [0.1, 0.15) is 0 Å². The first-order valence-corrected chi connectivity index (χ1v) is 5.51. The molecular weight excluding hydrogens is 256 g/mol. The summed E-state index contributed by atoms with van der Waals surface area (Å²) in [7, 11) is 0. The number of halogens is 1. The van der Waals surface area contributed by atoms with Crippen molar-refractivity contribution in [3.8, 4) is 0 Å². The molecule has 3 N–H and O–H groups in total. The summed E-state index contributed by atoms with van der Waals surface area (Å²) < 4.78 is 1.01. The first-order valence-electron chi connectivity index (χ1n) is 4.72. The van der Waals surface area contributed by atoms with Crippen LogP contribution < -0.4 is 5.73 Å². The second-order valence-electron chi connectivity index (χ2n) is 3.38. The molecule has 0 unspecified atom stereocenters. The number of rotatable bonds is 3. The van der Waals surface area contributed by atoms with E-state index in [1.807, 2.05) is 24.3 Å². The first kappa shape index (κ1) is 10.4. The van der Waals surface area contributed by atoms with E-state index in [1.165, 1.54) is 0 Å². The smallest absolute Gasteiger partial charge is 0.180 e. The van der Waals surface area contributed by atoms with Crippen LogP contribution in [0.25, 0.3) is 10.9 Å². The van der Waals surface area contributed by atoms with Gasteiger partial charge in [-0.05, 0) is 30.8 Å². The largest absolute Gasteiger partial charge is 0.352 e. The maximum atomic E-state index is 11.6. The Morgan fingerprint density at radius 2 is 2.20 bits per heavy atom. The quantitative estimate of drug-likeness (QED) is 0.839. The fraction of sp³-hybridized carbons (Fsp3) is 0.182. The zero-order valence-corrected chi connectivity index (χ0v) is 9.67. The van der Waals surface area contributed by atoms with E-state index in [0.717, 1.165) is 15.4 Å². The summed E-state index contributed by atoms with van der Waals surface area (Å²) >= 11 is 3.39. The molecule has 0 aliphatic carbocycles. The lowest BCUT2D eigenvalue weighted by molar-refractivity contribution is 0.0981. The van der Waals surface area contributed by atoms with Gasteiger partial charge < -0.3 is 10.7 Å². The fourth-order valence-electron chi connectivity index (χ4n) is 1.52. The Kier molecular flexibility index (Phi) is 2.88. The summed E-state index contributed by atoms with van der Waals surface area (Å²) in [6.45, 7) is 0.387. The molecule has 78 valence electrons. The molecule has 2 rings (SSSR count). The van der Waals surface area contributed by atoms with E-state index in [0.29, 0.717) is 18.7 Å². The number of benzene rings is 1. The third kappa shape index (κ3) is 2.11. The van der Waals surface area contributed by atoms with Gasteiger partial charge in [0.05, 0.1) is 5.69 Å². The average molecular weight is 267 g/mol. The molecule has 3 nitrogen and oxygen atoms in total. The number of aromatic nitrogens is 1. The molecule has 0 radical (unpaired) electrons. The van der Waals surface area contributed by atoms with Crippen LogP contribution in [0.15, 0.2) is 28.7 Å². The zero-order chi connectivity index (χ0) is 10.8. The van der Waals surface area contributed by atoms with Crippen molar-refractivity contribution in [3.63, 3.8) is 0 Å². The summed E-state index contributed by atoms with van der Waals surface area (Å²) in [6, 6.07) is 7.72. The lowest BCUT2D eigenvalue weighted by Gasteiger charge is -1.92. The van der Waals surface area contributed by atoms with Crippen molar-refractivity contribution >= 4 is 32.6 Å². The summed E-state index contributed by atoms with van der Waals surface area (Å²) in [5.74, 6) is 0.0600. The van der Waals surface area contributed by atoms with Crippen LogP contribution in [0.5, 0.6) is 0 Å². The lowest BCUT2D eigenvalue weighted by atomic mass is 10.2. The number of ketones is 1. The molecule has 15 heavy (non-hydrogen) atoms. The van der Waals surface area contributed by atoms with Crippen LogP contribution in [0.4, 0.5) is 0 Å². The molecule has 1 aromatic heterocycles. The van der Waals surface area contributed by atoms with Crippen LogP contribution in [-0.2, 0) is 0 Å². The maximum Gasteiger partial charge on any atom is 0.180 e. The average Bonchev–Trinajstić information content (AvgIpc) is 2.60. The number of aromatic amines is 1. The predicted octanol–water partition coefficient (Wildman–Crippen LogP) is 2.46. The second-order valence-corrected chi connectivity index (χ2v) is 4.29. The van der Waals surface area contributed by atoms with Gasteiger partial charge >= 0.3 is 0 Å². The van der Waals surface area contributed by atoms with Crippen molar-refractivity contribution in [2.45, 2.75) is 6.42 Å². The second kappa shape index (κ2) is 4.16. The highest BCUT2D eigenvalue weighted by Gasteiger charge is 2.08. The normalized spacial score (nSPS) is 10.8. The molecule has 0 spiro atoms. The van der Waals surface area contributed by atoms with Gasteiger partial charge in [0.15, 0.2) is 5.78 Å². The highest BCUT2D eigenvalue weighted by atomic mass is 79.9. The van der Waals surface area contributed by atoms with Crippen molar-refractivity contribution < 1.29 is 4.79 Å². The van der Waals surface area contributed by atoms with Crippen molar-refractivity contribution in [3.05, 3.63) is 34.4 Å². The number of H-pyrrole nitrogens is 1. The molecule has 0 aliphatic heterocycles. The van der Waals surface area contributed by atoms with E-state index >= 15 is 0 Å². The van der Waals surface area contributed by atoms with E-state index in [-0.39, 0.29) is 5.78 Å². The number of carbonyl (C=O) groups excluding carboxylic acids is 1. The van der Waals surface area contributed by atoms with Crippen LogP contribution in [0.1, 0.15) is 16.9 Å². The molecule has 0 amide bonds. The van der Waals surface area contributed by atoms with Crippen molar-refractivity contribution in [1.82, 2.24) is 4.98 Å². The number of carbonyl (C=O) groups is 1. The lowest BCUT2D eigenvalue weighted by Crippen LogP contribution is -2.08. The highest BCUT2D eigenvalue weighted by molar-refractivity contribution is 9.10. The van der Waals surface area contributed by atoms with Crippen molar-refractivity contribution in [2.75, 3.05) is 6.54 Å². The first-order chi connectivity index (χ1) is 7.20. The Balaban J connectivity index is 2.42. The molecule has 2 aromatic rings. The minimum absolute atomic E-state index is 0.0600. The molecule has 0 aliphatic rings. The standard InChI is InChI=1S/C11H11BrN2O/c12-8-1-2-9-7(5-8)6-10(14-9)11(15)3-4-13/h1-2,5-6,14H,3-4,13H2. The Morgan fingerprint density at radius 3 is 2.93 bits per heavy atom. The highest BCUT2D eigenvalue weighted by Crippen LogP contribution is 2.20. The van der Waals surface area contributed by atoms with Crippen LogP contribution in [-0.4, -0.2) is 17.3 Å². The number of hydrogen-bond donors (Lipinski definition) is 2. The fourth-order valence-corrected chi connectivity index (χ4v) is 1.90. The molecular formula is C11H11BrN2O. The van der Waals surface area contributed by atoms with E-state index in [4.69, 9.17) is 5.73 Å². The van der Waals surface area contributed by atoms with Gasteiger partial charge in [-0.25, -0.2) is 0 Å². The summed E-state index contributed by atoms with van der Waals surface area (Å²) in [4.78, 5) is 14.7.